The summed E-state index contributed by atoms with van der Waals surface area (Å²) in [6.45, 7) is 6.11. The van der Waals surface area contributed by atoms with E-state index >= 15 is 0 Å². The Morgan fingerprint density at radius 3 is 2.65 bits per heavy atom. The van der Waals surface area contributed by atoms with Gasteiger partial charge in [0.25, 0.3) is 5.91 Å². The molecule has 26 heavy (non-hydrogen) atoms. The Morgan fingerprint density at radius 2 is 1.96 bits per heavy atom. The SMILES string of the molecule is CCCOc1c(Cl)cc(C(=O)Nc2ccccc2CNCC)cc1OC. The summed E-state index contributed by atoms with van der Waals surface area (Å²) < 4.78 is 11.0. The highest BCUT2D eigenvalue weighted by Crippen LogP contribution is 2.36. The van der Waals surface area contributed by atoms with Gasteiger partial charge in [0.1, 0.15) is 0 Å². The second kappa shape index (κ2) is 10.0. The van der Waals surface area contributed by atoms with E-state index in [4.69, 9.17) is 21.1 Å². The van der Waals surface area contributed by atoms with Gasteiger partial charge in [-0.05, 0) is 36.7 Å². The molecule has 0 radical (unpaired) electrons. The van der Waals surface area contributed by atoms with Crippen molar-refractivity contribution < 1.29 is 14.3 Å². The first-order valence-corrected chi connectivity index (χ1v) is 9.08. The van der Waals surface area contributed by atoms with Crippen LogP contribution < -0.4 is 20.1 Å². The zero-order valence-corrected chi connectivity index (χ0v) is 16.2. The van der Waals surface area contributed by atoms with E-state index in [2.05, 4.69) is 10.6 Å². The van der Waals surface area contributed by atoms with Crippen molar-refractivity contribution >= 4 is 23.2 Å². The molecule has 5 nitrogen and oxygen atoms in total. The third kappa shape index (κ3) is 5.13. The molecule has 0 aliphatic rings. The molecule has 0 saturated carbocycles. The number of nitrogens with one attached hydrogen (secondary N) is 2. The predicted octanol–water partition coefficient (Wildman–Crippen LogP) is 4.50. The number of methoxy groups -OCH3 is 1. The molecule has 140 valence electrons. The van der Waals surface area contributed by atoms with E-state index in [0.717, 1.165) is 24.2 Å². The molecule has 0 atom stereocenters. The highest BCUT2D eigenvalue weighted by atomic mass is 35.5. The first-order chi connectivity index (χ1) is 12.6. The molecule has 0 heterocycles. The van der Waals surface area contributed by atoms with Gasteiger partial charge in [-0.1, -0.05) is 43.6 Å². The fourth-order valence-electron chi connectivity index (χ4n) is 2.45. The van der Waals surface area contributed by atoms with Crippen LogP contribution in [0, 0.1) is 0 Å². The van der Waals surface area contributed by atoms with Crippen LogP contribution in [0.3, 0.4) is 0 Å². The fourth-order valence-corrected chi connectivity index (χ4v) is 2.71. The minimum absolute atomic E-state index is 0.254. The molecular weight excluding hydrogens is 352 g/mol. The van der Waals surface area contributed by atoms with Gasteiger partial charge in [0, 0.05) is 17.8 Å². The van der Waals surface area contributed by atoms with Crippen molar-refractivity contribution in [2.45, 2.75) is 26.8 Å². The van der Waals surface area contributed by atoms with Crippen LogP contribution in [0.25, 0.3) is 0 Å². The van der Waals surface area contributed by atoms with Crippen molar-refractivity contribution in [2.24, 2.45) is 0 Å². The Morgan fingerprint density at radius 1 is 1.19 bits per heavy atom. The van der Waals surface area contributed by atoms with Crippen LogP contribution in [-0.4, -0.2) is 26.2 Å². The van der Waals surface area contributed by atoms with Crippen molar-refractivity contribution in [1.82, 2.24) is 5.32 Å². The number of rotatable bonds is 9. The molecule has 0 saturated heterocycles. The van der Waals surface area contributed by atoms with Gasteiger partial charge in [0.2, 0.25) is 0 Å². The maximum atomic E-state index is 12.7. The summed E-state index contributed by atoms with van der Waals surface area (Å²) >= 11 is 6.30. The van der Waals surface area contributed by atoms with Crippen molar-refractivity contribution in [1.29, 1.82) is 0 Å². The van der Waals surface area contributed by atoms with Crippen LogP contribution in [0.5, 0.6) is 11.5 Å². The summed E-state index contributed by atoms with van der Waals surface area (Å²) in [6.07, 6.45) is 0.851. The van der Waals surface area contributed by atoms with E-state index in [1.165, 1.54) is 7.11 Å². The molecule has 0 spiro atoms. The monoisotopic (exact) mass is 376 g/mol. The molecule has 2 aromatic carbocycles. The number of anilines is 1. The lowest BCUT2D eigenvalue weighted by molar-refractivity contribution is 0.102. The van der Waals surface area contributed by atoms with Crippen LogP contribution in [0.1, 0.15) is 36.2 Å². The van der Waals surface area contributed by atoms with Gasteiger partial charge in [0.05, 0.1) is 18.7 Å². The Labute approximate surface area is 159 Å². The number of para-hydroxylation sites is 1. The highest BCUT2D eigenvalue weighted by molar-refractivity contribution is 6.32. The minimum Gasteiger partial charge on any atom is -0.493 e. The van der Waals surface area contributed by atoms with Gasteiger partial charge >= 0.3 is 0 Å². The molecule has 0 unspecified atom stereocenters. The highest BCUT2D eigenvalue weighted by Gasteiger charge is 2.16. The summed E-state index contributed by atoms with van der Waals surface area (Å²) in [7, 11) is 1.53. The Bertz CT molecular complexity index is 750. The number of hydrogen-bond donors (Lipinski definition) is 2. The summed E-state index contributed by atoms with van der Waals surface area (Å²) in [6, 6.07) is 10.9. The van der Waals surface area contributed by atoms with Crippen molar-refractivity contribution in [3.63, 3.8) is 0 Å². The van der Waals surface area contributed by atoms with Gasteiger partial charge in [0.15, 0.2) is 11.5 Å². The number of hydrogen-bond acceptors (Lipinski definition) is 4. The molecular formula is C20H25ClN2O3. The van der Waals surface area contributed by atoms with Crippen molar-refractivity contribution in [3.05, 3.63) is 52.5 Å². The summed E-state index contributed by atoms with van der Waals surface area (Å²) in [5.41, 5.74) is 2.19. The molecule has 0 aromatic heterocycles. The molecule has 2 N–H and O–H groups in total. The number of benzene rings is 2. The number of halogens is 1. The zero-order chi connectivity index (χ0) is 18.9. The molecule has 0 fully saturated rings. The lowest BCUT2D eigenvalue weighted by Gasteiger charge is -2.15. The van der Waals surface area contributed by atoms with Crippen molar-refractivity contribution in [3.8, 4) is 11.5 Å². The van der Waals surface area contributed by atoms with Gasteiger partial charge in [-0.2, -0.15) is 0 Å². The molecule has 1 amide bonds. The molecule has 6 heteroatoms. The van der Waals surface area contributed by atoms with E-state index in [-0.39, 0.29) is 5.91 Å². The fraction of sp³-hybridized carbons (Fsp3) is 0.350. The van der Waals surface area contributed by atoms with E-state index in [0.29, 0.717) is 35.2 Å². The number of carbonyl (C=O) groups excluding carboxylic acids is 1. The maximum absolute atomic E-state index is 12.7. The van der Waals surface area contributed by atoms with Gasteiger partial charge < -0.3 is 20.1 Å². The van der Waals surface area contributed by atoms with Crippen LogP contribution in [0.2, 0.25) is 5.02 Å². The lowest BCUT2D eigenvalue weighted by atomic mass is 10.1. The van der Waals surface area contributed by atoms with Crippen LogP contribution in [0.4, 0.5) is 5.69 Å². The Hall–Kier alpha value is -2.24. The van der Waals surface area contributed by atoms with Gasteiger partial charge in [-0.3, -0.25) is 4.79 Å². The van der Waals surface area contributed by atoms with Gasteiger partial charge in [-0.15, -0.1) is 0 Å². The summed E-state index contributed by atoms with van der Waals surface area (Å²) in [5.74, 6) is 0.647. The average Bonchev–Trinajstić information content (AvgIpc) is 2.65. The summed E-state index contributed by atoms with van der Waals surface area (Å²) in [4.78, 5) is 12.7. The van der Waals surface area contributed by atoms with Crippen molar-refractivity contribution in [2.75, 3.05) is 25.6 Å². The minimum atomic E-state index is -0.254. The van der Waals surface area contributed by atoms with E-state index in [9.17, 15) is 4.79 Å². The van der Waals surface area contributed by atoms with Crippen LogP contribution >= 0.6 is 11.6 Å². The van der Waals surface area contributed by atoms with Crippen LogP contribution in [-0.2, 0) is 6.54 Å². The maximum Gasteiger partial charge on any atom is 0.255 e. The standard InChI is InChI=1S/C20H25ClN2O3/c1-4-10-26-19-16(21)11-15(12-18(19)25-3)20(24)23-17-9-7-6-8-14(17)13-22-5-2/h6-9,11-12,22H,4-5,10,13H2,1-3H3,(H,23,24). The van der Waals surface area contributed by atoms with Gasteiger partial charge in [-0.25, -0.2) is 0 Å². The topological polar surface area (TPSA) is 59.6 Å². The van der Waals surface area contributed by atoms with E-state index in [1.54, 1.807) is 12.1 Å². The Kier molecular flexibility index (Phi) is 7.75. The smallest absolute Gasteiger partial charge is 0.255 e. The first-order valence-electron chi connectivity index (χ1n) is 8.71. The third-order valence-electron chi connectivity index (χ3n) is 3.77. The van der Waals surface area contributed by atoms with Crippen LogP contribution in [0.15, 0.2) is 36.4 Å². The van der Waals surface area contributed by atoms with E-state index in [1.807, 2.05) is 38.1 Å². The second-order valence-electron chi connectivity index (χ2n) is 5.73. The molecule has 0 aliphatic heterocycles. The number of ether oxygens (including phenoxy) is 2. The second-order valence-corrected chi connectivity index (χ2v) is 6.14. The number of amides is 1. The Balaban J connectivity index is 2.24. The zero-order valence-electron chi connectivity index (χ0n) is 15.4. The summed E-state index contributed by atoms with van der Waals surface area (Å²) in [5, 5.41) is 6.56. The quantitative estimate of drug-likeness (QED) is 0.676. The first kappa shape index (κ1) is 20.1. The lowest BCUT2D eigenvalue weighted by Crippen LogP contribution is -2.17. The molecule has 2 aromatic rings. The average molecular weight is 377 g/mol. The molecule has 2 rings (SSSR count). The largest absolute Gasteiger partial charge is 0.493 e. The molecule has 0 aliphatic carbocycles. The normalized spacial score (nSPS) is 10.5. The molecule has 0 bridgehead atoms. The van der Waals surface area contributed by atoms with E-state index < -0.39 is 0 Å². The third-order valence-corrected chi connectivity index (χ3v) is 4.05. The predicted molar refractivity (Wildman–Crippen MR) is 106 cm³/mol. The number of carbonyl (C=O) groups is 1.